The number of nitrogens with zero attached hydrogens (tertiary/aromatic N) is 8. The fraction of sp³-hybridized carbons (Fsp3) is 0.280. The summed E-state index contributed by atoms with van der Waals surface area (Å²) in [6, 6.07) is 29.4. The summed E-state index contributed by atoms with van der Waals surface area (Å²) in [5.74, 6) is 1.14. The molecule has 2 aliphatic rings. The van der Waals surface area contributed by atoms with Crippen LogP contribution in [0, 0.1) is 0 Å². The number of nitrogens with one attached hydrogen (secondary N) is 2. The van der Waals surface area contributed by atoms with E-state index in [1.165, 1.54) is 35.4 Å². The highest BCUT2D eigenvalue weighted by Crippen LogP contribution is 2.43. The quantitative estimate of drug-likeness (QED) is 0.0961. The van der Waals surface area contributed by atoms with E-state index < -0.39 is 23.5 Å². The van der Waals surface area contributed by atoms with Crippen molar-refractivity contribution in [1.82, 2.24) is 39.8 Å². The van der Waals surface area contributed by atoms with Gasteiger partial charge in [0.1, 0.15) is 11.5 Å². The number of fused-ring (bicyclic) bond motifs is 2. The summed E-state index contributed by atoms with van der Waals surface area (Å²) in [7, 11) is 2.79. The predicted octanol–water partition coefficient (Wildman–Crippen LogP) is 11.0. The molecule has 0 spiro atoms. The number of halogens is 6. The molecule has 2 saturated heterocycles. The van der Waals surface area contributed by atoms with Crippen molar-refractivity contribution in [3.63, 3.8) is 0 Å². The maximum Gasteiger partial charge on any atom is 0.416 e. The Morgan fingerprint density at radius 1 is 0.515 bits per heavy atom. The molecule has 2 fully saturated rings. The zero-order valence-corrected chi connectivity index (χ0v) is 37.0. The fourth-order valence-corrected chi connectivity index (χ4v) is 9.35. The minimum absolute atomic E-state index is 0.122. The van der Waals surface area contributed by atoms with Crippen LogP contribution in [-0.2, 0) is 12.4 Å². The molecule has 0 aliphatic carbocycles. The molecule has 0 atom stereocenters. The second-order valence-electron chi connectivity index (χ2n) is 16.9. The smallest absolute Gasteiger partial charge is 0.416 e. The van der Waals surface area contributed by atoms with Crippen LogP contribution in [0.5, 0.6) is 11.5 Å². The van der Waals surface area contributed by atoms with Crippen LogP contribution in [0.3, 0.4) is 0 Å². The molecule has 10 rings (SSSR count). The standard InChI is InChI=1S/C50H46F6N10O2/c1-67-43-15-13-35(49(51,52)53)29-41(43)39-11-5-25-63-45(39)59-47(61-63)65(37-9-3-7-33(27-37)31-17-21-57-22-18-31)66(38-10-4-8-34(28-38)32-19-23-58-24-20-32)48-60-46-40(12-6-26-64(46)62-48)42-30-36(50(54,55)56)14-16-44(42)68-2/h3-16,25-32,57-58H,17-24H2,1-2H3. The van der Waals surface area contributed by atoms with Crippen LogP contribution in [0.1, 0.15) is 59.8 Å². The zero-order chi connectivity index (χ0) is 47.2. The Labute approximate surface area is 387 Å². The maximum absolute atomic E-state index is 14.2. The van der Waals surface area contributed by atoms with Crippen LogP contribution in [-0.4, -0.2) is 69.6 Å². The van der Waals surface area contributed by atoms with Crippen LogP contribution in [0.2, 0.25) is 0 Å². The van der Waals surface area contributed by atoms with Gasteiger partial charge < -0.3 is 20.1 Å². The van der Waals surface area contributed by atoms with E-state index in [0.717, 1.165) is 87.3 Å². The van der Waals surface area contributed by atoms with Gasteiger partial charge in [-0.1, -0.05) is 24.3 Å². The van der Waals surface area contributed by atoms with Crippen molar-refractivity contribution in [2.45, 2.75) is 49.9 Å². The van der Waals surface area contributed by atoms with Crippen LogP contribution in [0.4, 0.5) is 49.6 Å². The van der Waals surface area contributed by atoms with Crippen molar-refractivity contribution in [1.29, 1.82) is 0 Å². The molecule has 4 aromatic heterocycles. The van der Waals surface area contributed by atoms with E-state index in [-0.39, 0.29) is 57.7 Å². The highest BCUT2D eigenvalue weighted by atomic mass is 19.4. The number of piperidine rings is 2. The average molecular weight is 933 g/mol. The highest BCUT2D eigenvalue weighted by Gasteiger charge is 2.35. The highest BCUT2D eigenvalue weighted by molar-refractivity contribution is 5.85. The summed E-state index contributed by atoms with van der Waals surface area (Å²) in [5, 5.41) is 20.5. The number of rotatable bonds is 11. The average Bonchev–Trinajstić information content (AvgIpc) is 4.00. The third-order valence-corrected chi connectivity index (χ3v) is 12.8. The Morgan fingerprint density at radius 2 is 0.926 bits per heavy atom. The van der Waals surface area contributed by atoms with Gasteiger partial charge in [0.2, 0.25) is 0 Å². The van der Waals surface area contributed by atoms with Gasteiger partial charge >= 0.3 is 12.4 Å². The van der Waals surface area contributed by atoms with Gasteiger partial charge in [0.25, 0.3) is 11.9 Å². The zero-order valence-electron chi connectivity index (χ0n) is 37.0. The molecule has 12 nitrogen and oxygen atoms in total. The van der Waals surface area contributed by atoms with Gasteiger partial charge in [0.15, 0.2) is 11.3 Å². The summed E-state index contributed by atoms with van der Waals surface area (Å²) >= 11 is 0. The van der Waals surface area contributed by atoms with Gasteiger partial charge in [-0.2, -0.15) is 36.3 Å². The number of alkyl halides is 6. The largest absolute Gasteiger partial charge is 0.496 e. The molecule has 68 heavy (non-hydrogen) atoms. The van der Waals surface area contributed by atoms with Gasteiger partial charge in [-0.15, -0.1) is 10.2 Å². The number of ether oxygens (including phenoxy) is 2. The molecule has 2 aliphatic heterocycles. The van der Waals surface area contributed by atoms with Crippen LogP contribution < -0.4 is 30.1 Å². The molecule has 4 aromatic carbocycles. The van der Waals surface area contributed by atoms with Crippen molar-refractivity contribution in [3.05, 3.63) is 144 Å². The van der Waals surface area contributed by atoms with Crippen LogP contribution in [0.25, 0.3) is 33.5 Å². The van der Waals surface area contributed by atoms with Crippen LogP contribution in [0.15, 0.2) is 122 Å². The first kappa shape index (κ1) is 44.6. The van der Waals surface area contributed by atoms with Gasteiger partial charge in [-0.3, -0.25) is 0 Å². The van der Waals surface area contributed by atoms with E-state index in [1.54, 1.807) is 46.7 Å². The lowest BCUT2D eigenvalue weighted by Crippen LogP contribution is -2.38. The molecule has 0 unspecified atom stereocenters. The summed E-state index contributed by atoms with van der Waals surface area (Å²) in [6.45, 7) is 3.42. The summed E-state index contributed by atoms with van der Waals surface area (Å²) in [5.41, 5.74) is 3.18. The molecule has 18 heteroatoms. The van der Waals surface area contributed by atoms with E-state index in [1.807, 2.05) is 24.3 Å². The minimum Gasteiger partial charge on any atom is -0.496 e. The number of methoxy groups -OCH3 is 2. The summed E-state index contributed by atoms with van der Waals surface area (Å²) in [6.07, 6.45) is -2.27. The third kappa shape index (κ3) is 8.64. The molecule has 0 radical (unpaired) electrons. The first-order valence-corrected chi connectivity index (χ1v) is 22.3. The predicted molar refractivity (Wildman–Crippen MR) is 247 cm³/mol. The Kier molecular flexibility index (Phi) is 11.9. The lowest BCUT2D eigenvalue weighted by atomic mass is 9.90. The monoisotopic (exact) mass is 932 g/mol. The minimum atomic E-state index is -4.63. The van der Waals surface area contributed by atoms with Crippen molar-refractivity contribution >= 4 is 34.6 Å². The Bertz CT molecular complexity index is 2900. The number of pyridine rings is 2. The topological polar surface area (TPSA) is 109 Å². The molecule has 6 heterocycles. The van der Waals surface area contributed by atoms with E-state index in [9.17, 15) is 26.3 Å². The molecular weight excluding hydrogens is 887 g/mol. The second-order valence-corrected chi connectivity index (χ2v) is 16.9. The molecule has 2 N–H and O–H groups in total. The van der Waals surface area contributed by atoms with Crippen molar-refractivity contribution < 1.29 is 35.8 Å². The number of benzene rings is 4. The number of aromatic nitrogens is 6. The van der Waals surface area contributed by atoms with E-state index in [4.69, 9.17) is 29.6 Å². The normalized spacial score (nSPS) is 15.2. The first-order valence-electron chi connectivity index (χ1n) is 22.3. The van der Waals surface area contributed by atoms with E-state index in [0.29, 0.717) is 22.5 Å². The summed E-state index contributed by atoms with van der Waals surface area (Å²) < 4.78 is 99.4. The molecule has 0 saturated carbocycles. The molecular formula is C50H46F6N10O2. The third-order valence-electron chi connectivity index (χ3n) is 12.8. The van der Waals surface area contributed by atoms with E-state index in [2.05, 4.69) is 34.9 Å². The van der Waals surface area contributed by atoms with Gasteiger partial charge in [0, 0.05) is 34.6 Å². The fourth-order valence-electron chi connectivity index (χ4n) is 9.35. The first-order chi connectivity index (χ1) is 32.9. The van der Waals surface area contributed by atoms with Gasteiger partial charge in [-0.05, 0) is 160 Å². The lowest BCUT2D eigenvalue weighted by molar-refractivity contribution is -0.138. The van der Waals surface area contributed by atoms with Crippen molar-refractivity contribution in [3.8, 4) is 33.8 Å². The number of hydrazine groups is 1. The van der Waals surface area contributed by atoms with E-state index >= 15 is 0 Å². The van der Waals surface area contributed by atoms with Gasteiger partial charge in [-0.25, -0.2) is 19.0 Å². The number of hydrogen-bond donors (Lipinski definition) is 2. The molecule has 0 amide bonds. The van der Waals surface area contributed by atoms with Gasteiger partial charge in [0.05, 0.1) is 36.7 Å². The Morgan fingerprint density at radius 3 is 1.31 bits per heavy atom. The molecule has 350 valence electrons. The molecule has 8 aromatic rings. The SMILES string of the molecule is COc1ccc(C(F)(F)F)cc1-c1cccn2nc(N(c3cccc(C4CCNCC4)c3)N(c3cccc(C4CCNCC4)c3)c3nc4c(-c5cc(C(F)(F)F)ccc5OC)cccn4n3)nc12. The molecule has 0 bridgehead atoms. The maximum atomic E-state index is 14.2. The number of anilines is 4. The number of hydrogen-bond acceptors (Lipinski definition) is 10. The van der Waals surface area contributed by atoms with Crippen molar-refractivity contribution in [2.75, 3.05) is 50.4 Å². The summed E-state index contributed by atoms with van der Waals surface area (Å²) in [4.78, 5) is 10.3. The Hall–Kier alpha value is -7.18. The van der Waals surface area contributed by atoms with Crippen molar-refractivity contribution in [2.24, 2.45) is 0 Å². The van der Waals surface area contributed by atoms with Crippen LogP contribution >= 0.6 is 0 Å². The second kappa shape index (κ2) is 18.1. The lowest BCUT2D eigenvalue weighted by Gasteiger charge is -2.34. The Balaban J connectivity index is 1.22.